The van der Waals surface area contributed by atoms with Crippen molar-refractivity contribution >= 4 is 29.0 Å². The summed E-state index contributed by atoms with van der Waals surface area (Å²) in [6.07, 6.45) is 1.87. The summed E-state index contributed by atoms with van der Waals surface area (Å²) in [4.78, 5) is 39.2. The quantitative estimate of drug-likeness (QED) is 0.646. The van der Waals surface area contributed by atoms with Gasteiger partial charge in [0.05, 0.1) is 0 Å². The summed E-state index contributed by atoms with van der Waals surface area (Å²) in [6, 6.07) is 21.4. The molecule has 3 aromatic carbocycles. The number of para-hydroxylation sites is 1. The third-order valence-corrected chi connectivity index (χ3v) is 5.25. The number of fused-ring (bicyclic) bond motifs is 1. The van der Waals surface area contributed by atoms with Crippen LogP contribution in [0.15, 0.2) is 72.8 Å². The first-order chi connectivity index (χ1) is 14.5. The van der Waals surface area contributed by atoms with Crippen molar-refractivity contribution in [3.05, 3.63) is 95.1 Å². The molecule has 30 heavy (non-hydrogen) atoms. The number of benzene rings is 3. The molecule has 1 heterocycles. The molecule has 150 valence electrons. The number of Topliss-reactive ketones (excluding diaryl/α,β-unsaturated/α-hetero) is 1. The summed E-state index contributed by atoms with van der Waals surface area (Å²) < 4.78 is 0. The molecule has 0 radical (unpaired) electrons. The zero-order chi connectivity index (χ0) is 21.1. The van der Waals surface area contributed by atoms with Gasteiger partial charge in [0.15, 0.2) is 5.78 Å². The van der Waals surface area contributed by atoms with Crippen LogP contribution in [0.5, 0.6) is 0 Å². The van der Waals surface area contributed by atoms with E-state index in [1.54, 1.807) is 53.4 Å². The van der Waals surface area contributed by atoms with Crippen LogP contribution in [0.3, 0.4) is 0 Å². The van der Waals surface area contributed by atoms with Gasteiger partial charge in [0.2, 0.25) is 0 Å². The number of nitrogens with zero attached hydrogens (tertiary/aromatic N) is 1. The maximum absolute atomic E-state index is 13.2. The lowest BCUT2D eigenvalue weighted by molar-refractivity contribution is 0.0983. The molecule has 1 aliphatic heterocycles. The Hall–Kier alpha value is -3.73. The summed E-state index contributed by atoms with van der Waals surface area (Å²) in [5, 5.41) is 2.80. The number of rotatable bonds is 4. The first-order valence-electron chi connectivity index (χ1n) is 9.95. The van der Waals surface area contributed by atoms with Crippen LogP contribution >= 0.6 is 0 Å². The molecule has 0 atom stereocenters. The van der Waals surface area contributed by atoms with E-state index in [0.717, 1.165) is 24.1 Å². The normalized spacial score (nSPS) is 12.8. The van der Waals surface area contributed by atoms with E-state index in [0.29, 0.717) is 28.9 Å². The highest BCUT2D eigenvalue weighted by atomic mass is 16.2. The summed E-state index contributed by atoms with van der Waals surface area (Å²) in [5.41, 5.74) is 4.02. The molecule has 2 amide bonds. The van der Waals surface area contributed by atoms with Crippen LogP contribution in [-0.4, -0.2) is 24.1 Å². The minimum atomic E-state index is -0.329. The lowest BCUT2D eigenvalue weighted by Gasteiger charge is -2.29. The molecule has 0 bridgehead atoms. The summed E-state index contributed by atoms with van der Waals surface area (Å²) in [6.45, 7) is 2.14. The first-order valence-corrected chi connectivity index (χ1v) is 9.95. The smallest absolute Gasteiger partial charge is 0.258 e. The van der Waals surface area contributed by atoms with Gasteiger partial charge >= 0.3 is 0 Å². The predicted octanol–water partition coefficient (Wildman–Crippen LogP) is 4.73. The van der Waals surface area contributed by atoms with Crippen LogP contribution in [0, 0.1) is 0 Å². The Kier molecular flexibility index (Phi) is 5.44. The SMILES string of the molecule is CC(=O)c1cccc(NC(=O)c2cccc(C(=O)N3CCCc4ccccc43)c2)c1. The van der Waals surface area contributed by atoms with E-state index >= 15 is 0 Å². The number of nitrogens with one attached hydrogen (secondary N) is 1. The van der Waals surface area contributed by atoms with Gasteiger partial charge in [-0.25, -0.2) is 0 Å². The van der Waals surface area contributed by atoms with Gasteiger partial charge in [-0.05, 0) is 61.7 Å². The third kappa shape index (κ3) is 4.01. The van der Waals surface area contributed by atoms with Crippen LogP contribution in [-0.2, 0) is 6.42 Å². The molecule has 1 N–H and O–H groups in total. The van der Waals surface area contributed by atoms with Crippen LogP contribution in [0.4, 0.5) is 11.4 Å². The van der Waals surface area contributed by atoms with E-state index in [9.17, 15) is 14.4 Å². The second-order valence-electron chi connectivity index (χ2n) is 7.36. The lowest BCUT2D eigenvalue weighted by Crippen LogP contribution is -2.35. The number of carbonyl (C=O) groups excluding carboxylic acids is 3. The average molecular weight is 398 g/mol. The molecular formula is C25H22N2O3. The van der Waals surface area contributed by atoms with Crippen molar-refractivity contribution in [2.45, 2.75) is 19.8 Å². The standard InChI is InChI=1S/C25H22N2O3/c1-17(28)19-8-5-12-22(16-19)26-24(29)20-9-4-10-21(15-20)25(30)27-14-6-11-18-7-2-3-13-23(18)27/h2-5,7-10,12-13,15-16H,6,11,14H2,1H3,(H,26,29). The summed E-state index contributed by atoms with van der Waals surface area (Å²) in [7, 11) is 0. The van der Waals surface area contributed by atoms with Gasteiger partial charge in [0, 0.05) is 34.6 Å². The topological polar surface area (TPSA) is 66.5 Å². The van der Waals surface area contributed by atoms with Crippen molar-refractivity contribution in [1.82, 2.24) is 0 Å². The molecule has 0 unspecified atom stereocenters. The number of ketones is 1. The third-order valence-electron chi connectivity index (χ3n) is 5.25. The van der Waals surface area contributed by atoms with Gasteiger partial charge in [-0.2, -0.15) is 0 Å². The number of aryl methyl sites for hydroxylation is 1. The van der Waals surface area contributed by atoms with E-state index in [4.69, 9.17) is 0 Å². The molecule has 1 aliphatic rings. The zero-order valence-electron chi connectivity index (χ0n) is 16.7. The van der Waals surface area contributed by atoms with Gasteiger partial charge in [-0.1, -0.05) is 36.4 Å². The van der Waals surface area contributed by atoms with E-state index in [1.165, 1.54) is 6.92 Å². The van der Waals surface area contributed by atoms with Gasteiger partial charge in [0.1, 0.15) is 0 Å². The summed E-state index contributed by atoms with van der Waals surface area (Å²) in [5.74, 6) is -0.514. The van der Waals surface area contributed by atoms with Gasteiger partial charge in [-0.15, -0.1) is 0 Å². The molecule has 3 aromatic rings. The molecule has 0 spiro atoms. The van der Waals surface area contributed by atoms with Gasteiger partial charge < -0.3 is 10.2 Å². The highest BCUT2D eigenvalue weighted by molar-refractivity contribution is 6.10. The van der Waals surface area contributed by atoms with E-state index in [2.05, 4.69) is 5.32 Å². The van der Waals surface area contributed by atoms with Crippen molar-refractivity contribution in [2.24, 2.45) is 0 Å². The maximum Gasteiger partial charge on any atom is 0.258 e. The predicted molar refractivity (Wildman–Crippen MR) is 117 cm³/mol. The number of hydrogen-bond acceptors (Lipinski definition) is 3. The van der Waals surface area contributed by atoms with Crippen LogP contribution in [0.1, 0.15) is 50.0 Å². The average Bonchev–Trinajstić information content (AvgIpc) is 2.78. The van der Waals surface area contributed by atoms with Gasteiger partial charge in [0.25, 0.3) is 11.8 Å². The molecule has 5 nitrogen and oxygen atoms in total. The number of anilines is 2. The van der Waals surface area contributed by atoms with Crippen molar-refractivity contribution in [3.8, 4) is 0 Å². The van der Waals surface area contributed by atoms with E-state index < -0.39 is 0 Å². The molecule has 0 aromatic heterocycles. The highest BCUT2D eigenvalue weighted by Crippen LogP contribution is 2.28. The maximum atomic E-state index is 13.2. The van der Waals surface area contributed by atoms with Crippen LogP contribution in [0.2, 0.25) is 0 Å². The Morgan fingerprint density at radius 3 is 2.40 bits per heavy atom. The van der Waals surface area contributed by atoms with Crippen LogP contribution < -0.4 is 10.2 Å². The fourth-order valence-corrected chi connectivity index (χ4v) is 3.71. The van der Waals surface area contributed by atoms with Crippen molar-refractivity contribution in [1.29, 1.82) is 0 Å². The van der Waals surface area contributed by atoms with Crippen molar-refractivity contribution in [3.63, 3.8) is 0 Å². The molecule has 0 aliphatic carbocycles. The van der Waals surface area contributed by atoms with Crippen molar-refractivity contribution < 1.29 is 14.4 Å². The number of carbonyl (C=O) groups is 3. The largest absolute Gasteiger partial charge is 0.322 e. The van der Waals surface area contributed by atoms with E-state index in [-0.39, 0.29) is 17.6 Å². The Bertz CT molecular complexity index is 1140. The van der Waals surface area contributed by atoms with Crippen LogP contribution in [0.25, 0.3) is 0 Å². The van der Waals surface area contributed by atoms with Crippen molar-refractivity contribution in [2.75, 3.05) is 16.8 Å². The molecule has 0 saturated carbocycles. The molecule has 0 fully saturated rings. The van der Waals surface area contributed by atoms with Gasteiger partial charge in [-0.3, -0.25) is 14.4 Å². The lowest BCUT2D eigenvalue weighted by atomic mass is 10.0. The number of amides is 2. The molecule has 0 saturated heterocycles. The molecular weight excluding hydrogens is 376 g/mol. The Balaban J connectivity index is 1.56. The summed E-state index contributed by atoms with van der Waals surface area (Å²) >= 11 is 0. The fourth-order valence-electron chi connectivity index (χ4n) is 3.71. The molecule has 5 heteroatoms. The Morgan fingerprint density at radius 1 is 0.833 bits per heavy atom. The first kappa shape index (κ1) is 19.6. The molecule has 4 rings (SSSR count). The zero-order valence-corrected chi connectivity index (χ0v) is 16.7. The second-order valence-corrected chi connectivity index (χ2v) is 7.36. The Labute approximate surface area is 175 Å². The fraction of sp³-hybridized carbons (Fsp3) is 0.160. The minimum Gasteiger partial charge on any atom is -0.322 e. The number of hydrogen-bond donors (Lipinski definition) is 1. The minimum absolute atomic E-state index is 0.0690. The highest BCUT2D eigenvalue weighted by Gasteiger charge is 2.23. The second kappa shape index (κ2) is 8.33. The Morgan fingerprint density at radius 2 is 1.57 bits per heavy atom. The van der Waals surface area contributed by atoms with E-state index in [1.807, 2.05) is 24.3 Å². The monoisotopic (exact) mass is 398 g/mol.